The summed E-state index contributed by atoms with van der Waals surface area (Å²) in [4.78, 5) is 23.1. The zero-order valence-corrected chi connectivity index (χ0v) is 13.6. The van der Waals surface area contributed by atoms with Crippen molar-refractivity contribution in [1.82, 2.24) is 24.6 Å². The number of carbonyl (C=O) groups is 1. The molecule has 0 unspecified atom stereocenters. The highest BCUT2D eigenvalue weighted by Gasteiger charge is 2.42. The van der Waals surface area contributed by atoms with Crippen LogP contribution in [0.25, 0.3) is 17.2 Å². The molecule has 1 aromatic carbocycles. The number of alkyl halides is 1. The summed E-state index contributed by atoms with van der Waals surface area (Å²) in [5, 5.41) is 3.93. The van der Waals surface area contributed by atoms with Crippen molar-refractivity contribution in [2.45, 2.75) is 18.3 Å². The van der Waals surface area contributed by atoms with Gasteiger partial charge in [-0.15, -0.1) is 11.6 Å². The summed E-state index contributed by atoms with van der Waals surface area (Å²) >= 11 is 5.72. The van der Waals surface area contributed by atoms with Crippen molar-refractivity contribution in [3.8, 4) is 17.2 Å². The molecule has 0 saturated carbocycles. The molecule has 1 fully saturated rings. The van der Waals surface area contributed by atoms with Gasteiger partial charge >= 0.3 is 0 Å². The molecule has 2 aliphatic heterocycles. The fourth-order valence-corrected chi connectivity index (χ4v) is 3.51. The zero-order chi connectivity index (χ0) is 17.1. The number of hydrogen-bond donors (Lipinski definition) is 0. The molecule has 4 heterocycles. The van der Waals surface area contributed by atoms with Crippen LogP contribution in [-0.2, 0) is 5.88 Å². The molecule has 3 aromatic rings. The summed E-state index contributed by atoms with van der Waals surface area (Å²) in [5.41, 5.74) is 2.25. The predicted molar refractivity (Wildman–Crippen MR) is 84.8 cm³/mol. The number of fused-ring (bicyclic) bond motifs is 5. The zero-order valence-electron chi connectivity index (χ0n) is 12.8. The lowest BCUT2D eigenvalue weighted by Gasteiger charge is -2.39. The Kier molecular flexibility index (Phi) is 2.99. The summed E-state index contributed by atoms with van der Waals surface area (Å²) in [6.45, 7) is 0.614. The average molecular weight is 360 g/mol. The molecule has 5 rings (SSSR count). The molecule has 1 amide bonds. The first-order valence-electron chi connectivity index (χ1n) is 7.74. The molecular weight excluding hydrogens is 349 g/mol. The number of hydrogen-bond acceptors (Lipinski definition) is 5. The Balaban J connectivity index is 1.75. The fourth-order valence-electron chi connectivity index (χ4n) is 3.40. The van der Waals surface area contributed by atoms with Crippen molar-refractivity contribution in [2.75, 3.05) is 6.54 Å². The van der Waals surface area contributed by atoms with E-state index in [9.17, 15) is 9.18 Å². The molecular formula is C16H11ClFN5O2. The average Bonchev–Trinajstić information content (AvgIpc) is 3.19. The van der Waals surface area contributed by atoms with Gasteiger partial charge in [-0.3, -0.25) is 9.36 Å². The van der Waals surface area contributed by atoms with Gasteiger partial charge in [-0.1, -0.05) is 5.16 Å². The standard InChI is InChI=1S/C16H11ClFN5O2/c17-6-12-20-15(21-25-12)13-14-11-3-4-22(11)16(24)9-5-8(18)1-2-10(9)23(14)7-19-13/h1-2,5,7,11H,3-4,6H2/t11-/m0/s1. The van der Waals surface area contributed by atoms with E-state index in [0.717, 1.165) is 12.1 Å². The summed E-state index contributed by atoms with van der Waals surface area (Å²) in [7, 11) is 0. The Morgan fingerprint density at radius 3 is 3.00 bits per heavy atom. The van der Waals surface area contributed by atoms with Gasteiger partial charge in [0, 0.05) is 6.54 Å². The highest BCUT2D eigenvalue weighted by molar-refractivity contribution is 6.16. The van der Waals surface area contributed by atoms with Crippen molar-refractivity contribution in [3.63, 3.8) is 0 Å². The predicted octanol–water partition coefficient (Wildman–Crippen LogP) is 2.70. The second-order valence-electron chi connectivity index (χ2n) is 5.96. The van der Waals surface area contributed by atoms with Gasteiger partial charge in [0.1, 0.15) is 23.7 Å². The van der Waals surface area contributed by atoms with E-state index in [2.05, 4.69) is 15.1 Å². The topological polar surface area (TPSA) is 77.0 Å². The van der Waals surface area contributed by atoms with E-state index >= 15 is 0 Å². The first-order chi connectivity index (χ1) is 12.2. The Hall–Kier alpha value is -2.74. The molecule has 0 spiro atoms. The number of carbonyl (C=O) groups excluding carboxylic acids is 1. The quantitative estimate of drug-likeness (QED) is 0.657. The van der Waals surface area contributed by atoms with Crippen LogP contribution in [0.2, 0.25) is 0 Å². The van der Waals surface area contributed by atoms with Crippen molar-refractivity contribution in [1.29, 1.82) is 0 Å². The van der Waals surface area contributed by atoms with Gasteiger partial charge in [-0.2, -0.15) is 4.98 Å². The van der Waals surface area contributed by atoms with Crippen LogP contribution in [0.3, 0.4) is 0 Å². The highest BCUT2D eigenvalue weighted by atomic mass is 35.5. The molecule has 2 aliphatic rings. The number of imidazole rings is 1. The van der Waals surface area contributed by atoms with Gasteiger partial charge < -0.3 is 9.42 Å². The van der Waals surface area contributed by atoms with Gasteiger partial charge in [0.15, 0.2) is 0 Å². The van der Waals surface area contributed by atoms with E-state index in [4.69, 9.17) is 16.1 Å². The summed E-state index contributed by atoms with van der Waals surface area (Å²) in [5.74, 6) is 0.109. The fraction of sp³-hybridized carbons (Fsp3) is 0.250. The Morgan fingerprint density at radius 1 is 1.40 bits per heavy atom. The van der Waals surface area contributed by atoms with Crippen LogP contribution in [0.1, 0.15) is 34.4 Å². The summed E-state index contributed by atoms with van der Waals surface area (Å²) in [6.07, 6.45) is 2.40. The van der Waals surface area contributed by atoms with E-state index < -0.39 is 5.82 Å². The molecule has 0 N–H and O–H groups in total. The maximum absolute atomic E-state index is 13.7. The van der Waals surface area contributed by atoms with E-state index in [1.807, 2.05) is 4.57 Å². The second kappa shape index (κ2) is 5.13. The van der Waals surface area contributed by atoms with Crippen LogP contribution in [0.5, 0.6) is 0 Å². The molecule has 2 aromatic heterocycles. The lowest BCUT2D eigenvalue weighted by molar-refractivity contribution is 0.0461. The highest BCUT2D eigenvalue weighted by Crippen LogP contribution is 2.43. The van der Waals surface area contributed by atoms with Crippen LogP contribution in [-0.4, -0.2) is 37.0 Å². The van der Waals surface area contributed by atoms with Crippen LogP contribution in [0.4, 0.5) is 4.39 Å². The van der Waals surface area contributed by atoms with Gasteiger partial charge in [0.25, 0.3) is 5.91 Å². The number of rotatable bonds is 2. The van der Waals surface area contributed by atoms with Crippen LogP contribution < -0.4 is 0 Å². The second-order valence-corrected chi connectivity index (χ2v) is 6.23. The van der Waals surface area contributed by atoms with Crippen LogP contribution in [0.15, 0.2) is 29.0 Å². The normalized spacial score (nSPS) is 18.2. The molecule has 126 valence electrons. The third-order valence-electron chi connectivity index (χ3n) is 4.64. The number of nitrogens with zero attached hydrogens (tertiary/aromatic N) is 5. The first-order valence-corrected chi connectivity index (χ1v) is 8.28. The number of halogens is 2. The number of amides is 1. The molecule has 0 radical (unpaired) electrons. The molecule has 0 aliphatic carbocycles. The van der Waals surface area contributed by atoms with Gasteiger partial charge in [0.2, 0.25) is 11.7 Å². The molecule has 1 saturated heterocycles. The van der Waals surface area contributed by atoms with E-state index in [-0.39, 0.29) is 17.8 Å². The lowest BCUT2D eigenvalue weighted by atomic mass is 9.97. The molecule has 9 heteroatoms. The van der Waals surface area contributed by atoms with Crippen molar-refractivity contribution in [3.05, 3.63) is 47.5 Å². The minimum absolute atomic E-state index is 0.110. The van der Waals surface area contributed by atoms with E-state index in [0.29, 0.717) is 35.2 Å². The van der Waals surface area contributed by atoms with Crippen molar-refractivity contribution < 1.29 is 13.7 Å². The number of benzene rings is 1. The first kappa shape index (κ1) is 14.6. The van der Waals surface area contributed by atoms with E-state index in [1.165, 1.54) is 12.1 Å². The van der Waals surface area contributed by atoms with Crippen molar-refractivity contribution in [2.24, 2.45) is 0 Å². The molecule has 0 bridgehead atoms. The third-order valence-corrected chi connectivity index (χ3v) is 4.87. The smallest absolute Gasteiger partial charge is 0.256 e. The maximum Gasteiger partial charge on any atom is 0.256 e. The largest absolute Gasteiger partial charge is 0.338 e. The molecule has 1 atom stereocenters. The Morgan fingerprint density at radius 2 is 2.28 bits per heavy atom. The van der Waals surface area contributed by atoms with Crippen LogP contribution >= 0.6 is 11.6 Å². The number of aromatic nitrogens is 4. The third kappa shape index (κ3) is 1.97. The Labute approximate surface area is 146 Å². The van der Waals surface area contributed by atoms with Crippen LogP contribution in [0, 0.1) is 5.82 Å². The minimum Gasteiger partial charge on any atom is -0.338 e. The summed E-state index contributed by atoms with van der Waals surface area (Å²) < 4.78 is 20.6. The van der Waals surface area contributed by atoms with Gasteiger partial charge in [-0.25, -0.2) is 9.37 Å². The Bertz CT molecular complexity index is 1010. The molecule has 25 heavy (non-hydrogen) atoms. The monoisotopic (exact) mass is 359 g/mol. The minimum atomic E-state index is -0.446. The SMILES string of the molecule is O=C1c2cc(F)ccc2-n2cnc(-c3noc(CCl)n3)c2[C@@H]2CCN12. The maximum atomic E-state index is 13.7. The lowest BCUT2D eigenvalue weighted by Crippen LogP contribution is -2.44. The van der Waals surface area contributed by atoms with E-state index in [1.54, 1.807) is 17.3 Å². The van der Waals surface area contributed by atoms with Gasteiger partial charge in [0.05, 0.1) is 23.0 Å². The summed E-state index contributed by atoms with van der Waals surface area (Å²) in [6, 6.07) is 4.03. The van der Waals surface area contributed by atoms with Crippen molar-refractivity contribution >= 4 is 17.5 Å². The van der Waals surface area contributed by atoms with Gasteiger partial charge in [-0.05, 0) is 24.6 Å². The molecule has 7 nitrogen and oxygen atoms in total.